The zero-order chi connectivity index (χ0) is 23.0. The highest BCUT2D eigenvalue weighted by Crippen LogP contribution is 2.33. The smallest absolute Gasteiger partial charge is 0.335 e. The lowest BCUT2D eigenvalue weighted by atomic mass is 9.95. The molecule has 1 aliphatic heterocycles. The molecule has 32 heavy (non-hydrogen) atoms. The van der Waals surface area contributed by atoms with Crippen LogP contribution >= 0.6 is 12.2 Å². The number of amides is 2. The second kappa shape index (κ2) is 8.70. The van der Waals surface area contributed by atoms with Crippen molar-refractivity contribution in [1.29, 1.82) is 0 Å². The van der Waals surface area contributed by atoms with Crippen molar-refractivity contribution in [2.75, 3.05) is 4.90 Å². The maximum absolute atomic E-state index is 13.3. The fourth-order valence-electron chi connectivity index (χ4n) is 4.68. The number of nitrogens with one attached hydrogen (secondary N) is 1. The number of rotatable bonds is 4. The number of aromatic carboxylic acids is 1. The molecule has 2 fully saturated rings. The average molecular weight is 452 g/mol. The average Bonchev–Trinajstić information content (AvgIpc) is 3.04. The third-order valence-corrected chi connectivity index (χ3v) is 6.50. The van der Waals surface area contributed by atoms with Crippen LogP contribution in [-0.4, -0.2) is 32.6 Å². The van der Waals surface area contributed by atoms with Crippen molar-refractivity contribution in [2.45, 2.75) is 52.0 Å². The number of nitrogens with zero attached hydrogens (tertiary/aromatic N) is 2. The predicted molar refractivity (Wildman–Crippen MR) is 126 cm³/mol. The summed E-state index contributed by atoms with van der Waals surface area (Å²) < 4.78 is 2.31. The lowest BCUT2D eigenvalue weighted by Crippen LogP contribution is -2.54. The summed E-state index contributed by atoms with van der Waals surface area (Å²) in [6.07, 6.45) is 7.55. The maximum Gasteiger partial charge on any atom is 0.335 e. The molecule has 2 aromatic rings. The second-order valence-corrected chi connectivity index (χ2v) is 8.69. The van der Waals surface area contributed by atoms with E-state index in [9.17, 15) is 19.5 Å². The van der Waals surface area contributed by atoms with E-state index >= 15 is 0 Å². The van der Waals surface area contributed by atoms with Crippen molar-refractivity contribution in [2.24, 2.45) is 0 Å². The van der Waals surface area contributed by atoms with Gasteiger partial charge in [-0.05, 0) is 74.8 Å². The number of hydrogen-bond donors (Lipinski definition) is 2. The van der Waals surface area contributed by atoms with Crippen molar-refractivity contribution in [3.8, 4) is 0 Å². The van der Waals surface area contributed by atoms with E-state index in [1.54, 1.807) is 12.1 Å². The van der Waals surface area contributed by atoms with Crippen molar-refractivity contribution in [3.63, 3.8) is 0 Å². The van der Waals surface area contributed by atoms with Crippen LogP contribution < -0.4 is 10.2 Å². The molecule has 0 unspecified atom stereocenters. The van der Waals surface area contributed by atoms with Gasteiger partial charge in [0.25, 0.3) is 11.8 Å². The molecule has 1 saturated carbocycles. The Kier molecular flexibility index (Phi) is 5.97. The topological polar surface area (TPSA) is 91.6 Å². The zero-order valence-corrected chi connectivity index (χ0v) is 18.9. The maximum atomic E-state index is 13.3. The third kappa shape index (κ3) is 3.98. The van der Waals surface area contributed by atoms with Crippen LogP contribution in [0, 0.1) is 13.8 Å². The molecule has 2 aliphatic rings. The molecule has 1 saturated heterocycles. The van der Waals surface area contributed by atoms with Gasteiger partial charge in [0.05, 0.1) is 11.3 Å². The number of anilines is 1. The lowest BCUT2D eigenvalue weighted by Gasteiger charge is -2.29. The summed E-state index contributed by atoms with van der Waals surface area (Å²) in [6, 6.07) is 8.34. The number of benzene rings is 1. The van der Waals surface area contributed by atoms with Gasteiger partial charge in [-0.3, -0.25) is 19.8 Å². The van der Waals surface area contributed by atoms with E-state index in [1.165, 1.54) is 37.5 Å². The summed E-state index contributed by atoms with van der Waals surface area (Å²) in [6.45, 7) is 4.06. The van der Waals surface area contributed by atoms with Crippen LogP contribution in [0.5, 0.6) is 0 Å². The van der Waals surface area contributed by atoms with Gasteiger partial charge in [-0.15, -0.1) is 0 Å². The molecule has 166 valence electrons. The van der Waals surface area contributed by atoms with Gasteiger partial charge in [0, 0.05) is 17.4 Å². The van der Waals surface area contributed by atoms with Gasteiger partial charge < -0.3 is 9.67 Å². The van der Waals surface area contributed by atoms with Gasteiger partial charge in [0.2, 0.25) is 0 Å². The molecular weight excluding hydrogens is 426 g/mol. The van der Waals surface area contributed by atoms with E-state index in [2.05, 4.69) is 9.88 Å². The van der Waals surface area contributed by atoms with Gasteiger partial charge in [0.15, 0.2) is 5.11 Å². The lowest BCUT2D eigenvalue weighted by molar-refractivity contribution is -0.122. The zero-order valence-electron chi connectivity index (χ0n) is 18.1. The van der Waals surface area contributed by atoms with Crippen LogP contribution in [0.3, 0.4) is 0 Å². The summed E-state index contributed by atoms with van der Waals surface area (Å²) in [5.41, 5.74) is 3.22. The van der Waals surface area contributed by atoms with Gasteiger partial charge in [-0.2, -0.15) is 0 Å². The first kappa shape index (κ1) is 22.0. The summed E-state index contributed by atoms with van der Waals surface area (Å²) in [4.78, 5) is 38.5. The molecule has 0 radical (unpaired) electrons. The molecule has 0 bridgehead atoms. The van der Waals surface area contributed by atoms with Crippen molar-refractivity contribution >= 4 is 46.9 Å². The van der Waals surface area contributed by atoms with Crippen molar-refractivity contribution < 1.29 is 19.5 Å². The van der Waals surface area contributed by atoms with Gasteiger partial charge in [0.1, 0.15) is 5.57 Å². The minimum absolute atomic E-state index is 0.0246. The van der Waals surface area contributed by atoms with Crippen molar-refractivity contribution in [1.82, 2.24) is 9.88 Å². The van der Waals surface area contributed by atoms with E-state index in [-0.39, 0.29) is 16.2 Å². The first-order chi connectivity index (χ1) is 15.3. The monoisotopic (exact) mass is 451 g/mol. The van der Waals surface area contributed by atoms with Crippen LogP contribution in [0.15, 0.2) is 35.9 Å². The summed E-state index contributed by atoms with van der Waals surface area (Å²) >= 11 is 5.22. The number of hydrogen-bond acceptors (Lipinski definition) is 4. The molecule has 4 rings (SSSR count). The SMILES string of the molecule is Cc1cc(C=C2C(=O)NC(=S)N(c3cccc(C(=O)O)c3)C2=O)c(C)n1C1CCCCC1. The number of carbonyl (C=O) groups is 3. The Morgan fingerprint density at radius 3 is 2.56 bits per heavy atom. The number of carboxylic acid groups (broad SMARTS) is 1. The van der Waals surface area contributed by atoms with E-state index in [0.29, 0.717) is 11.7 Å². The van der Waals surface area contributed by atoms with E-state index in [1.807, 2.05) is 19.9 Å². The summed E-state index contributed by atoms with van der Waals surface area (Å²) in [7, 11) is 0. The Morgan fingerprint density at radius 1 is 1.16 bits per heavy atom. The summed E-state index contributed by atoms with van der Waals surface area (Å²) in [5, 5.41) is 11.8. The van der Waals surface area contributed by atoms with Gasteiger partial charge in [-0.25, -0.2) is 4.79 Å². The predicted octanol–water partition coefficient (Wildman–Crippen LogP) is 4.14. The summed E-state index contributed by atoms with van der Waals surface area (Å²) in [5.74, 6) is -2.26. The number of carbonyl (C=O) groups excluding carboxylic acids is 2. The molecule has 1 aliphatic carbocycles. The first-order valence-corrected chi connectivity index (χ1v) is 11.1. The third-order valence-electron chi connectivity index (χ3n) is 6.22. The van der Waals surface area contributed by atoms with E-state index in [0.717, 1.165) is 34.7 Å². The molecular formula is C24H25N3O4S. The minimum Gasteiger partial charge on any atom is -0.478 e. The normalized spacial score (nSPS) is 18.9. The highest BCUT2D eigenvalue weighted by Gasteiger charge is 2.35. The van der Waals surface area contributed by atoms with Crippen LogP contribution in [0.2, 0.25) is 0 Å². The molecule has 0 atom stereocenters. The van der Waals surface area contributed by atoms with Gasteiger partial charge >= 0.3 is 5.97 Å². The highest BCUT2D eigenvalue weighted by molar-refractivity contribution is 7.80. The van der Waals surface area contributed by atoms with E-state index in [4.69, 9.17) is 12.2 Å². The van der Waals surface area contributed by atoms with E-state index < -0.39 is 17.8 Å². The number of thiocarbonyl (C=S) groups is 1. The fraction of sp³-hybridized carbons (Fsp3) is 0.333. The minimum atomic E-state index is -1.11. The molecule has 0 spiro atoms. The Hall–Kier alpha value is -3.26. The van der Waals surface area contributed by atoms with Gasteiger partial charge in [-0.1, -0.05) is 25.3 Å². The number of carboxylic acids is 1. The Labute approximate surface area is 191 Å². The van der Waals surface area contributed by atoms with Crippen LogP contribution in [0.1, 0.15) is 65.5 Å². The molecule has 8 heteroatoms. The standard InChI is InChI=1S/C24H25N3O4S/c1-14-11-17(15(2)26(14)18-8-4-3-5-9-18)13-20-21(28)25-24(32)27(22(20)29)19-10-6-7-16(12-19)23(30)31/h6-7,10-13,18H,3-5,8-9H2,1-2H3,(H,30,31)(H,25,28,32). The second-order valence-electron chi connectivity index (χ2n) is 8.30. The molecule has 7 nitrogen and oxygen atoms in total. The number of aryl methyl sites for hydroxylation is 1. The Morgan fingerprint density at radius 2 is 1.88 bits per heavy atom. The quantitative estimate of drug-likeness (QED) is 0.414. The Bertz CT molecular complexity index is 1160. The Balaban J connectivity index is 1.71. The largest absolute Gasteiger partial charge is 0.478 e. The molecule has 2 amide bonds. The number of aromatic nitrogens is 1. The molecule has 1 aromatic carbocycles. The van der Waals surface area contributed by atoms with Crippen LogP contribution in [0.4, 0.5) is 5.69 Å². The molecule has 2 heterocycles. The molecule has 2 N–H and O–H groups in total. The van der Waals surface area contributed by atoms with Crippen LogP contribution in [-0.2, 0) is 9.59 Å². The van der Waals surface area contributed by atoms with Crippen molar-refractivity contribution in [3.05, 3.63) is 58.4 Å². The molecule has 1 aromatic heterocycles. The fourth-order valence-corrected chi connectivity index (χ4v) is 4.96. The highest BCUT2D eigenvalue weighted by atomic mass is 32.1. The van der Waals surface area contributed by atoms with Crippen LogP contribution in [0.25, 0.3) is 6.08 Å². The first-order valence-electron chi connectivity index (χ1n) is 10.7.